The summed E-state index contributed by atoms with van der Waals surface area (Å²) < 4.78 is 0. The van der Waals surface area contributed by atoms with Crippen molar-refractivity contribution in [2.45, 2.75) is 52.0 Å². The Hall–Kier alpha value is -2.36. The molecule has 1 aromatic carbocycles. The highest BCUT2D eigenvalue weighted by molar-refractivity contribution is 6.03. The van der Waals surface area contributed by atoms with Gasteiger partial charge < -0.3 is 10.6 Å². The lowest BCUT2D eigenvalue weighted by Crippen LogP contribution is -2.22. The van der Waals surface area contributed by atoms with E-state index in [0.717, 1.165) is 22.5 Å². The van der Waals surface area contributed by atoms with E-state index in [1.54, 1.807) is 6.20 Å². The molecule has 24 heavy (non-hydrogen) atoms. The van der Waals surface area contributed by atoms with E-state index in [4.69, 9.17) is 0 Å². The fourth-order valence-electron chi connectivity index (χ4n) is 3.37. The van der Waals surface area contributed by atoms with Crippen molar-refractivity contribution in [2.24, 2.45) is 0 Å². The highest BCUT2D eigenvalue weighted by Crippen LogP contribution is 2.22. The number of carbonyl (C=O) groups is 1. The average molecular weight is 323 g/mol. The predicted molar refractivity (Wildman–Crippen MR) is 98.6 cm³/mol. The van der Waals surface area contributed by atoms with E-state index in [0.29, 0.717) is 11.7 Å². The number of rotatable bonds is 4. The van der Waals surface area contributed by atoms with Crippen LogP contribution in [0.2, 0.25) is 0 Å². The van der Waals surface area contributed by atoms with Gasteiger partial charge in [0.1, 0.15) is 5.69 Å². The molecule has 0 spiro atoms. The highest BCUT2D eigenvalue weighted by Gasteiger charge is 2.14. The average Bonchev–Trinajstić information content (AvgIpc) is 2.55. The lowest BCUT2D eigenvalue weighted by molar-refractivity contribution is 0.102. The zero-order chi connectivity index (χ0) is 16.9. The van der Waals surface area contributed by atoms with Gasteiger partial charge >= 0.3 is 0 Å². The first-order chi connectivity index (χ1) is 11.6. The van der Waals surface area contributed by atoms with Gasteiger partial charge in [0.2, 0.25) is 0 Å². The third-order valence-corrected chi connectivity index (χ3v) is 4.45. The van der Waals surface area contributed by atoms with E-state index in [1.807, 2.05) is 38.1 Å². The Kier molecular flexibility index (Phi) is 5.14. The van der Waals surface area contributed by atoms with Crippen LogP contribution in [-0.4, -0.2) is 16.9 Å². The minimum Gasteiger partial charge on any atom is -0.382 e. The molecule has 1 saturated carbocycles. The van der Waals surface area contributed by atoms with Crippen LogP contribution in [0.25, 0.3) is 0 Å². The molecule has 1 aromatic heterocycles. The molecule has 1 aliphatic rings. The minimum atomic E-state index is -0.174. The van der Waals surface area contributed by atoms with E-state index in [-0.39, 0.29) is 5.91 Å². The summed E-state index contributed by atoms with van der Waals surface area (Å²) in [5.41, 5.74) is 4.49. The summed E-state index contributed by atoms with van der Waals surface area (Å²) in [6.07, 6.45) is 7.99. The summed E-state index contributed by atoms with van der Waals surface area (Å²) >= 11 is 0. The molecule has 0 bridgehead atoms. The largest absolute Gasteiger partial charge is 0.382 e. The number of amides is 1. The summed E-state index contributed by atoms with van der Waals surface area (Å²) in [6.45, 7) is 4.05. The van der Waals surface area contributed by atoms with Gasteiger partial charge in [0.25, 0.3) is 5.91 Å². The fraction of sp³-hybridized carbons (Fsp3) is 0.400. The number of anilines is 2. The maximum Gasteiger partial charge on any atom is 0.274 e. The molecule has 1 aliphatic carbocycles. The van der Waals surface area contributed by atoms with Crippen molar-refractivity contribution < 1.29 is 4.79 Å². The lowest BCUT2D eigenvalue weighted by Gasteiger charge is -2.23. The molecule has 2 aromatic rings. The Bertz CT molecular complexity index is 700. The van der Waals surface area contributed by atoms with Gasteiger partial charge in [0.15, 0.2) is 0 Å². The van der Waals surface area contributed by atoms with Gasteiger partial charge in [0, 0.05) is 23.6 Å². The Morgan fingerprint density at radius 1 is 1.00 bits per heavy atom. The minimum absolute atomic E-state index is 0.174. The molecule has 4 nitrogen and oxygen atoms in total. The molecule has 1 fully saturated rings. The number of aromatic nitrogens is 1. The van der Waals surface area contributed by atoms with E-state index in [1.165, 1.54) is 32.1 Å². The van der Waals surface area contributed by atoms with Crippen LogP contribution in [0.15, 0.2) is 36.5 Å². The molecule has 3 rings (SSSR count). The van der Waals surface area contributed by atoms with Gasteiger partial charge in [-0.3, -0.25) is 9.78 Å². The van der Waals surface area contributed by atoms with Crippen LogP contribution in [0.5, 0.6) is 0 Å². The monoisotopic (exact) mass is 323 g/mol. The van der Waals surface area contributed by atoms with Gasteiger partial charge in [-0.15, -0.1) is 0 Å². The summed E-state index contributed by atoms with van der Waals surface area (Å²) in [5, 5.41) is 6.48. The van der Waals surface area contributed by atoms with E-state index < -0.39 is 0 Å². The molecule has 0 unspecified atom stereocenters. The quantitative estimate of drug-likeness (QED) is 0.858. The van der Waals surface area contributed by atoms with Crippen molar-refractivity contribution in [3.05, 3.63) is 53.3 Å². The smallest absolute Gasteiger partial charge is 0.274 e. The van der Waals surface area contributed by atoms with Crippen molar-refractivity contribution in [3.63, 3.8) is 0 Å². The van der Waals surface area contributed by atoms with Crippen molar-refractivity contribution in [2.75, 3.05) is 10.6 Å². The van der Waals surface area contributed by atoms with Crippen LogP contribution in [0.1, 0.15) is 53.7 Å². The second-order valence-electron chi connectivity index (χ2n) is 6.74. The van der Waals surface area contributed by atoms with Crippen LogP contribution in [0.4, 0.5) is 11.4 Å². The van der Waals surface area contributed by atoms with E-state index in [2.05, 4.69) is 21.7 Å². The summed E-state index contributed by atoms with van der Waals surface area (Å²) in [7, 11) is 0. The number of carbonyl (C=O) groups excluding carboxylic acids is 1. The molecule has 0 radical (unpaired) electrons. The van der Waals surface area contributed by atoms with E-state index in [9.17, 15) is 4.79 Å². The summed E-state index contributed by atoms with van der Waals surface area (Å²) in [6, 6.07) is 10.3. The van der Waals surface area contributed by atoms with Crippen LogP contribution < -0.4 is 10.6 Å². The molecule has 0 atom stereocenters. The van der Waals surface area contributed by atoms with Gasteiger partial charge in [0.05, 0.1) is 0 Å². The predicted octanol–water partition coefficient (Wildman–Crippen LogP) is 4.70. The zero-order valence-electron chi connectivity index (χ0n) is 14.4. The Morgan fingerprint density at radius 2 is 1.71 bits per heavy atom. The van der Waals surface area contributed by atoms with Gasteiger partial charge in [-0.1, -0.05) is 25.3 Å². The maximum absolute atomic E-state index is 12.5. The maximum atomic E-state index is 12.5. The molecular formula is C20H25N3O. The van der Waals surface area contributed by atoms with Gasteiger partial charge in [-0.2, -0.15) is 0 Å². The van der Waals surface area contributed by atoms with Gasteiger partial charge in [-0.25, -0.2) is 0 Å². The van der Waals surface area contributed by atoms with Crippen LogP contribution in [0.3, 0.4) is 0 Å². The standard InChI is InChI=1S/C20H25N3O/c1-14-10-15(2)12-18(11-14)23-20(24)19-13-17(8-9-21-19)22-16-6-4-3-5-7-16/h8-13,16H,3-7H2,1-2H3,(H,21,22)(H,23,24). The second kappa shape index (κ2) is 7.47. The fourth-order valence-corrected chi connectivity index (χ4v) is 3.37. The third kappa shape index (κ3) is 4.34. The Labute approximate surface area is 143 Å². The molecule has 2 N–H and O–H groups in total. The number of aryl methyl sites for hydroxylation is 2. The number of pyridine rings is 1. The Balaban J connectivity index is 1.69. The number of benzene rings is 1. The molecule has 1 amide bonds. The molecule has 126 valence electrons. The third-order valence-electron chi connectivity index (χ3n) is 4.45. The highest BCUT2D eigenvalue weighted by atomic mass is 16.1. The van der Waals surface area contributed by atoms with Crippen LogP contribution in [0, 0.1) is 13.8 Å². The summed E-state index contributed by atoms with van der Waals surface area (Å²) in [4.78, 5) is 16.7. The number of hydrogen-bond acceptors (Lipinski definition) is 3. The van der Waals surface area contributed by atoms with Gasteiger partial charge in [-0.05, 0) is 62.1 Å². The molecule has 0 aliphatic heterocycles. The molecule has 0 saturated heterocycles. The van der Waals surface area contributed by atoms with Crippen LogP contribution >= 0.6 is 0 Å². The van der Waals surface area contributed by atoms with Crippen molar-refractivity contribution in [3.8, 4) is 0 Å². The first kappa shape index (κ1) is 16.5. The zero-order valence-corrected chi connectivity index (χ0v) is 14.4. The van der Waals surface area contributed by atoms with Crippen molar-refractivity contribution >= 4 is 17.3 Å². The Morgan fingerprint density at radius 3 is 2.42 bits per heavy atom. The number of nitrogens with one attached hydrogen (secondary N) is 2. The van der Waals surface area contributed by atoms with Crippen molar-refractivity contribution in [1.29, 1.82) is 0 Å². The molecule has 4 heteroatoms. The van der Waals surface area contributed by atoms with E-state index >= 15 is 0 Å². The summed E-state index contributed by atoms with van der Waals surface area (Å²) in [5.74, 6) is -0.174. The molecule has 1 heterocycles. The first-order valence-corrected chi connectivity index (χ1v) is 8.72. The molecular weight excluding hydrogens is 298 g/mol. The van der Waals surface area contributed by atoms with Crippen molar-refractivity contribution in [1.82, 2.24) is 4.98 Å². The normalized spacial score (nSPS) is 15.1. The SMILES string of the molecule is Cc1cc(C)cc(NC(=O)c2cc(NC3CCCCC3)ccn2)c1. The number of hydrogen-bond donors (Lipinski definition) is 2. The number of nitrogens with zero attached hydrogens (tertiary/aromatic N) is 1. The first-order valence-electron chi connectivity index (χ1n) is 8.72. The van der Waals surface area contributed by atoms with Crippen LogP contribution in [-0.2, 0) is 0 Å². The topological polar surface area (TPSA) is 54.0 Å². The lowest BCUT2D eigenvalue weighted by atomic mass is 9.95. The second-order valence-corrected chi connectivity index (χ2v) is 6.74.